The van der Waals surface area contributed by atoms with Gasteiger partial charge in [-0.15, -0.1) is 13.2 Å². The molecule has 20 heavy (non-hydrogen) atoms. The van der Waals surface area contributed by atoms with Gasteiger partial charge in [0.1, 0.15) is 0 Å². The summed E-state index contributed by atoms with van der Waals surface area (Å²) in [5.41, 5.74) is 0.236. The van der Waals surface area contributed by atoms with Crippen LogP contribution in [0.5, 0.6) is 0 Å². The first-order chi connectivity index (χ1) is 9.27. The number of hydrogen-bond acceptors (Lipinski definition) is 4. The molecule has 2 heterocycles. The summed E-state index contributed by atoms with van der Waals surface area (Å²) in [6, 6.07) is 0. The fourth-order valence-corrected chi connectivity index (χ4v) is 2.72. The maximum absolute atomic E-state index is 11.5. The van der Waals surface area contributed by atoms with Crippen molar-refractivity contribution in [1.82, 2.24) is 9.80 Å². The molecular weight excluding hydrogens is 277 g/mol. The lowest BCUT2D eigenvalue weighted by Gasteiger charge is -2.29. The fourth-order valence-electron chi connectivity index (χ4n) is 2.72. The van der Waals surface area contributed by atoms with E-state index in [2.05, 4.69) is 9.64 Å². The molecule has 2 aliphatic rings. The molecule has 2 aliphatic heterocycles. The van der Waals surface area contributed by atoms with Crippen LogP contribution in [0.2, 0.25) is 0 Å². The zero-order chi connectivity index (χ0) is 15.4. The number of amides is 1. The highest BCUT2D eigenvalue weighted by Crippen LogP contribution is 2.37. The molecule has 0 aliphatic carbocycles. The largest absolute Gasteiger partial charge is 0.489 e. The van der Waals surface area contributed by atoms with E-state index in [1.807, 2.05) is 0 Å². The van der Waals surface area contributed by atoms with E-state index in [-0.39, 0.29) is 5.54 Å². The number of nitrogens with zero attached hydrogens (tertiary/aromatic N) is 2. The van der Waals surface area contributed by atoms with Gasteiger partial charge in [0.2, 0.25) is 0 Å². The predicted molar refractivity (Wildman–Crippen MR) is 66.1 cm³/mol. The molecule has 118 valence electrons. The van der Waals surface area contributed by atoms with E-state index in [0.717, 1.165) is 7.11 Å². The number of aliphatic hydroxyl groups is 1. The van der Waals surface area contributed by atoms with Crippen molar-refractivity contribution in [3.05, 3.63) is 0 Å². The van der Waals surface area contributed by atoms with E-state index in [0.29, 0.717) is 13.7 Å². The summed E-state index contributed by atoms with van der Waals surface area (Å²) in [5, 5.41) is 9.19. The molecule has 1 N–H and O–H groups in total. The minimum Gasteiger partial charge on any atom is -0.453 e. The molecule has 1 amide bonds. The van der Waals surface area contributed by atoms with Gasteiger partial charge in [0.05, 0.1) is 13.7 Å². The van der Waals surface area contributed by atoms with Crippen molar-refractivity contribution in [3.63, 3.8) is 0 Å². The Morgan fingerprint density at radius 2 is 1.85 bits per heavy atom. The molecule has 5 nitrogen and oxygen atoms in total. The summed E-state index contributed by atoms with van der Waals surface area (Å²) in [7, 11) is 1.47. The average molecular weight is 298 g/mol. The molecule has 2 fully saturated rings. The summed E-state index contributed by atoms with van der Waals surface area (Å²) in [4.78, 5) is 12.2. The van der Waals surface area contributed by atoms with Crippen molar-refractivity contribution in [2.24, 2.45) is 0 Å². The van der Waals surface area contributed by atoms with Crippen LogP contribution in [-0.2, 0) is 4.74 Å². The summed E-state index contributed by atoms with van der Waals surface area (Å²) >= 11 is 0. The van der Waals surface area contributed by atoms with Crippen molar-refractivity contribution >= 4 is 6.09 Å². The molecule has 2 rings (SSSR count). The number of methoxy groups -OCH3 is 1. The highest BCUT2D eigenvalue weighted by Gasteiger charge is 2.43. The fraction of sp³-hybridized carbons (Fsp3) is 0.917. The lowest BCUT2D eigenvalue weighted by Crippen LogP contribution is -2.41. The van der Waals surface area contributed by atoms with Gasteiger partial charge in [-0.25, -0.2) is 9.69 Å². The normalized spacial score (nSPS) is 20.9. The van der Waals surface area contributed by atoms with Crippen molar-refractivity contribution in [2.75, 3.05) is 33.9 Å². The van der Waals surface area contributed by atoms with Crippen LogP contribution in [-0.4, -0.2) is 66.7 Å². The second-order valence-corrected chi connectivity index (χ2v) is 5.07. The van der Waals surface area contributed by atoms with Crippen molar-refractivity contribution in [3.8, 4) is 0 Å². The Morgan fingerprint density at radius 3 is 2.10 bits per heavy atom. The number of rotatable bonds is 1. The van der Waals surface area contributed by atoms with Crippen LogP contribution in [0.1, 0.15) is 25.7 Å². The molecule has 0 bridgehead atoms. The zero-order valence-corrected chi connectivity index (χ0v) is 11.7. The van der Waals surface area contributed by atoms with Crippen molar-refractivity contribution in [2.45, 2.75) is 37.5 Å². The van der Waals surface area contributed by atoms with E-state index in [9.17, 15) is 23.1 Å². The number of ether oxygens (including phenoxy) is 1. The van der Waals surface area contributed by atoms with E-state index in [1.54, 1.807) is 0 Å². The van der Waals surface area contributed by atoms with Gasteiger partial charge in [0.15, 0.2) is 0 Å². The number of hydrogen-bond donors (Lipinski definition) is 1. The van der Waals surface area contributed by atoms with E-state index < -0.39 is 17.3 Å². The van der Waals surface area contributed by atoms with Gasteiger partial charge in [-0.05, 0) is 38.8 Å². The van der Waals surface area contributed by atoms with Crippen molar-refractivity contribution < 1.29 is 27.8 Å². The Kier molecular flexibility index (Phi) is 5.64. The molecule has 0 unspecified atom stereocenters. The molecule has 0 aromatic carbocycles. The minimum atomic E-state index is -4.66. The topological polar surface area (TPSA) is 53.0 Å². The van der Waals surface area contributed by atoms with Crippen LogP contribution in [0.4, 0.5) is 18.0 Å². The molecule has 8 heteroatoms. The Hall–Kier alpha value is -1.02. The summed E-state index contributed by atoms with van der Waals surface area (Å²) in [6.07, 6.45) is -1.05. The van der Waals surface area contributed by atoms with Crippen LogP contribution in [0.25, 0.3) is 0 Å². The number of carbonyl (C=O) groups is 1. The van der Waals surface area contributed by atoms with E-state index in [4.69, 9.17) is 0 Å². The molecule has 0 saturated carbocycles. The second kappa shape index (κ2) is 6.62. The Balaban J connectivity index is 0.000000200. The number of aliphatic hydroxyl groups excluding tert-OH is 1. The number of carbonyl (C=O) groups excluding carboxylic acids is 1. The first-order valence-corrected chi connectivity index (χ1v) is 6.51. The predicted octanol–water partition coefficient (Wildman–Crippen LogP) is 1.81. The number of fused-ring (bicyclic) bond motifs is 1. The monoisotopic (exact) mass is 298 g/mol. The van der Waals surface area contributed by atoms with Gasteiger partial charge in [-0.3, -0.25) is 4.90 Å². The third-order valence-corrected chi connectivity index (χ3v) is 3.93. The molecular formula is C12H21F3N2O3. The summed E-state index contributed by atoms with van der Waals surface area (Å²) in [5.74, 6) is 0. The van der Waals surface area contributed by atoms with Gasteiger partial charge >= 0.3 is 12.4 Å². The average Bonchev–Trinajstić information content (AvgIpc) is 2.96. The zero-order valence-electron chi connectivity index (χ0n) is 11.7. The van der Waals surface area contributed by atoms with Crippen molar-refractivity contribution in [1.29, 1.82) is 0 Å². The third-order valence-electron chi connectivity index (χ3n) is 3.93. The molecule has 0 radical (unpaired) electrons. The molecule has 0 aromatic rings. The van der Waals surface area contributed by atoms with Crippen LogP contribution in [0.15, 0.2) is 0 Å². The first kappa shape index (κ1) is 17.0. The Morgan fingerprint density at radius 1 is 1.35 bits per heavy atom. The van der Waals surface area contributed by atoms with Gasteiger partial charge in [0, 0.05) is 12.6 Å². The molecule has 0 atom stereocenters. The van der Waals surface area contributed by atoms with Gasteiger partial charge < -0.3 is 9.84 Å². The number of alkyl halides is 3. The van der Waals surface area contributed by atoms with Gasteiger partial charge in [0.25, 0.3) is 0 Å². The smallest absolute Gasteiger partial charge is 0.453 e. The van der Waals surface area contributed by atoms with Gasteiger partial charge in [-0.2, -0.15) is 0 Å². The quantitative estimate of drug-likeness (QED) is 0.750. The lowest BCUT2D eigenvalue weighted by molar-refractivity contribution is -0.221. The van der Waals surface area contributed by atoms with Crippen LogP contribution in [0, 0.1) is 0 Å². The Bertz CT molecular complexity index is 326. The third kappa shape index (κ3) is 3.76. The van der Waals surface area contributed by atoms with E-state index >= 15 is 0 Å². The van der Waals surface area contributed by atoms with Crippen LogP contribution in [0.3, 0.4) is 0 Å². The Labute approximate surface area is 116 Å². The lowest BCUT2D eigenvalue weighted by atomic mass is 9.96. The standard InChI is InChI=1S/C8H15NO.C4H6F3NO2/c10-7-8-3-1-5-9(8)6-2-4-8;1-8(3(9)10-2)4(5,6)7/h10H,1-7H2;1-2H3. The van der Waals surface area contributed by atoms with E-state index in [1.165, 1.54) is 38.8 Å². The van der Waals surface area contributed by atoms with Crippen LogP contribution >= 0.6 is 0 Å². The molecule has 0 aromatic heterocycles. The summed E-state index contributed by atoms with van der Waals surface area (Å²) < 4.78 is 38.3. The maximum Gasteiger partial charge on any atom is 0.489 e. The maximum atomic E-state index is 11.5. The summed E-state index contributed by atoms with van der Waals surface area (Å²) in [6.45, 7) is 2.83. The highest BCUT2D eigenvalue weighted by molar-refractivity contribution is 5.67. The highest BCUT2D eigenvalue weighted by atomic mass is 19.4. The molecule has 0 spiro atoms. The van der Waals surface area contributed by atoms with Gasteiger partial charge in [-0.1, -0.05) is 0 Å². The number of halogens is 3. The second-order valence-electron chi connectivity index (χ2n) is 5.07. The SMILES string of the molecule is COC(=O)N(C)C(F)(F)F.OCC12CCCN1CCC2. The minimum absolute atomic E-state index is 0.236. The first-order valence-electron chi connectivity index (χ1n) is 6.51. The van der Waals surface area contributed by atoms with Crippen LogP contribution < -0.4 is 0 Å². The molecule has 2 saturated heterocycles.